The number of halogens is 3. The fourth-order valence-corrected chi connectivity index (χ4v) is 5.79. The van der Waals surface area contributed by atoms with Gasteiger partial charge in [0.05, 0.1) is 16.9 Å². The third-order valence-corrected chi connectivity index (χ3v) is 7.14. The van der Waals surface area contributed by atoms with Crippen LogP contribution in [-0.4, -0.2) is 54.0 Å². The van der Waals surface area contributed by atoms with Crippen molar-refractivity contribution in [1.82, 2.24) is 9.29 Å². The lowest BCUT2D eigenvalue weighted by molar-refractivity contribution is -0.138. The van der Waals surface area contributed by atoms with Gasteiger partial charge in [-0.3, -0.25) is 4.79 Å². The summed E-state index contributed by atoms with van der Waals surface area (Å²) in [6, 6.07) is 6.06. The molecule has 2 atom stereocenters. The fraction of sp³-hybridized carbons (Fsp3) is 0.429. The highest BCUT2D eigenvalue weighted by atomic mass is 32.2. The number of anilines is 1. The minimum atomic E-state index is -4.48. The van der Waals surface area contributed by atoms with Crippen LogP contribution in [-0.2, 0) is 27.4 Å². The molecule has 174 valence electrons. The molecule has 0 aliphatic carbocycles. The number of sulfonamides is 1. The van der Waals surface area contributed by atoms with Gasteiger partial charge in [0, 0.05) is 31.4 Å². The summed E-state index contributed by atoms with van der Waals surface area (Å²) in [5, 5.41) is 9.04. The first-order valence-corrected chi connectivity index (χ1v) is 11.4. The maximum atomic E-state index is 13.3. The zero-order valence-corrected chi connectivity index (χ0v) is 18.6. The Bertz CT molecular complexity index is 1090. The molecule has 2 heterocycles. The summed E-state index contributed by atoms with van der Waals surface area (Å²) in [5.41, 5.74) is 0.181. The molecule has 1 N–H and O–H groups in total. The average Bonchev–Trinajstić information content (AvgIpc) is 2.66. The summed E-state index contributed by atoms with van der Waals surface area (Å²) >= 11 is 0. The van der Waals surface area contributed by atoms with Crippen LogP contribution in [0.25, 0.3) is 0 Å². The number of hydrogen-bond donors (Lipinski definition) is 1. The lowest BCUT2D eigenvalue weighted by atomic mass is 10.1. The van der Waals surface area contributed by atoms with Crippen molar-refractivity contribution >= 4 is 21.8 Å². The van der Waals surface area contributed by atoms with E-state index in [4.69, 9.17) is 5.11 Å². The Labute approximate surface area is 184 Å². The van der Waals surface area contributed by atoms with E-state index in [1.807, 2.05) is 0 Å². The Morgan fingerprint density at radius 1 is 1.16 bits per heavy atom. The highest BCUT2D eigenvalue weighted by Crippen LogP contribution is 2.31. The van der Waals surface area contributed by atoms with Gasteiger partial charge in [-0.05, 0) is 56.2 Å². The molecule has 7 nitrogen and oxygen atoms in total. The van der Waals surface area contributed by atoms with E-state index in [0.717, 1.165) is 12.3 Å². The third kappa shape index (κ3) is 5.04. The van der Waals surface area contributed by atoms with Crippen LogP contribution in [0.3, 0.4) is 0 Å². The van der Waals surface area contributed by atoms with E-state index >= 15 is 0 Å². The van der Waals surface area contributed by atoms with Gasteiger partial charge in [0.15, 0.2) is 0 Å². The minimum Gasteiger partial charge on any atom is -0.481 e. The molecule has 0 amide bonds. The van der Waals surface area contributed by atoms with Gasteiger partial charge in [0.2, 0.25) is 10.0 Å². The molecule has 0 radical (unpaired) electrons. The summed E-state index contributed by atoms with van der Waals surface area (Å²) in [6.07, 6.45) is -4.00. The van der Waals surface area contributed by atoms with Crippen LogP contribution in [0.5, 0.6) is 0 Å². The van der Waals surface area contributed by atoms with E-state index in [1.165, 1.54) is 22.5 Å². The Morgan fingerprint density at radius 2 is 1.78 bits per heavy atom. The van der Waals surface area contributed by atoms with Crippen molar-refractivity contribution in [3.05, 3.63) is 53.2 Å². The first-order valence-electron chi connectivity index (χ1n) is 9.93. The summed E-state index contributed by atoms with van der Waals surface area (Å²) in [5.74, 6) is -0.715. The van der Waals surface area contributed by atoms with E-state index in [2.05, 4.69) is 4.98 Å². The molecule has 11 heteroatoms. The standard InChI is InChI=1S/C21H24F3N3O4S/c1-13-6-16(9-20(28)29)8-18(7-13)32(30,31)26-11-14(2)27(15(3)12-26)19-5-4-17(10-25-19)21(22,23)24/h4-8,10,14-15H,9,11-12H2,1-3H3,(H,28,29)/t14-,15?/m0/s1. The van der Waals surface area contributed by atoms with E-state index in [-0.39, 0.29) is 36.5 Å². The molecule has 1 aromatic carbocycles. The number of aromatic nitrogens is 1. The number of pyridine rings is 1. The van der Waals surface area contributed by atoms with E-state index in [9.17, 15) is 26.4 Å². The third-order valence-electron chi connectivity index (χ3n) is 5.33. The van der Waals surface area contributed by atoms with Crippen LogP contribution < -0.4 is 4.90 Å². The molecular weight excluding hydrogens is 447 g/mol. The van der Waals surface area contributed by atoms with Gasteiger partial charge in [-0.25, -0.2) is 13.4 Å². The lowest BCUT2D eigenvalue weighted by Crippen LogP contribution is -2.58. The fourth-order valence-electron chi connectivity index (χ4n) is 4.03. The van der Waals surface area contributed by atoms with Gasteiger partial charge in [-0.15, -0.1) is 0 Å². The molecule has 1 saturated heterocycles. The van der Waals surface area contributed by atoms with Crippen LogP contribution in [0.1, 0.15) is 30.5 Å². The molecule has 0 bridgehead atoms. The van der Waals surface area contributed by atoms with E-state index < -0.39 is 27.7 Å². The maximum absolute atomic E-state index is 13.3. The lowest BCUT2D eigenvalue weighted by Gasteiger charge is -2.44. The number of hydrogen-bond acceptors (Lipinski definition) is 5. The Hall–Kier alpha value is -2.66. The highest BCUT2D eigenvalue weighted by molar-refractivity contribution is 7.89. The van der Waals surface area contributed by atoms with Crippen molar-refractivity contribution in [1.29, 1.82) is 0 Å². The predicted octanol–water partition coefficient (Wildman–Crippen LogP) is 3.32. The topological polar surface area (TPSA) is 90.8 Å². The maximum Gasteiger partial charge on any atom is 0.417 e. The molecule has 32 heavy (non-hydrogen) atoms. The molecule has 1 aliphatic rings. The monoisotopic (exact) mass is 471 g/mol. The molecule has 0 spiro atoms. The summed E-state index contributed by atoms with van der Waals surface area (Å²) < 4.78 is 66.4. The molecule has 1 aliphatic heterocycles. The number of piperazine rings is 1. The minimum absolute atomic E-state index is 0.0225. The van der Waals surface area contributed by atoms with Crippen LogP contribution in [0.4, 0.5) is 19.0 Å². The number of carboxylic acids is 1. The zero-order chi connectivity index (χ0) is 23.8. The normalized spacial score (nSPS) is 20.4. The van der Waals surface area contributed by atoms with Crippen LogP contribution in [0, 0.1) is 6.92 Å². The van der Waals surface area contributed by atoms with Crippen molar-refractivity contribution < 1.29 is 31.5 Å². The van der Waals surface area contributed by atoms with Crippen molar-refractivity contribution in [2.24, 2.45) is 0 Å². The molecular formula is C21H24F3N3O4S. The van der Waals surface area contributed by atoms with Crippen molar-refractivity contribution in [2.75, 3.05) is 18.0 Å². The Kier molecular flexibility index (Phi) is 6.52. The van der Waals surface area contributed by atoms with Crippen LogP contribution in [0.15, 0.2) is 41.4 Å². The zero-order valence-electron chi connectivity index (χ0n) is 17.8. The number of alkyl halides is 3. The number of aryl methyl sites for hydroxylation is 1. The number of rotatable bonds is 5. The number of aliphatic carboxylic acids is 1. The summed E-state index contributed by atoms with van der Waals surface area (Å²) in [7, 11) is -3.90. The van der Waals surface area contributed by atoms with Crippen LogP contribution in [0.2, 0.25) is 0 Å². The van der Waals surface area contributed by atoms with Gasteiger partial charge in [-0.1, -0.05) is 6.07 Å². The van der Waals surface area contributed by atoms with Crippen LogP contribution >= 0.6 is 0 Å². The van der Waals surface area contributed by atoms with Crippen molar-refractivity contribution in [3.63, 3.8) is 0 Å². The SMILES string of the molecule is Cc1cc(CC(=O)O)cc(S(=O)(=O)N2CC(C)N(c3ccc(C(F)(F)F)cn3)[C@@H](C)C2)c1. The molecule has 1 aromatic heterocycles. The van der Waals surface area contributed by atoms with Crippen molar-refractivity contribution in [2.45, 2.75) is 50.3 Å². The molecule has 0 saturated carbocycles. The molecule has 1 unspecified atom stereocenters. The summed E-state index contributed by atoms with van der Waals surface area (Å²) in [6.45, 7) is 5.48. The molecule has 3 rings (SSSR count). The predicted molar refractivity (Wildman–Crippen MR) is 112 cm³/mol. The van der Waals surface area contributed by atoms with E-state index in [1.54, 1.807) is 31.7 Å². The van der Waals surface area contributed by atoms with Crippen molar-refractivity contribution in [3.8, 4) is 0 Å². The number of carbonyl (C=O) groups is 1. The number of carboxylic acid groups (broad SMARTS) is 1. The second kappa shape index (κ2) is 8.70. The quantitative estimate of drug-likeness (QED) is 0.720. The van der Waals surface area contributed by atoms with Gasteiger partial charge in [0.1, 0.15) is 5.82 Å². The molecule has 2 aromatic rings. The van der Waals surface area contributed by atoms with Gasteiger partial charge in [0.25, 0.3) is 0 Å². The van der Waals surface area contributed by atoms with Gasteiger partial charge in [-0.2, -0.15) is 17.5 Å². The Balaban J connectivity index is 1.84. The smallest absolute Gasteiger partial charge is 0.417 e. The van der Waals surface area contributed by atoms with Gasteiger partial charge < -0.3 is 10.0 Å². The first-order chi connectivity index (χ1) is 14.8. The highest BCUT2D eigenvalue weighted by Gasteiger charge is 2.37. The second-order valence-corrected chi connectivity index (χ2v) is 9.99. The first kappa shape index (κ1) is 24.0. The Morgan fingerprint density at radius 3 is 2.28 bits per heavy atom. The van der Waals surface area contributed by atoms with Gasteiger partial charge >= 0.3 is 12.1 Å². The second-order valence-electron chi connectivity index (χ2n) is 8.05. The number of nitrogens with zero attached hydrogens (tertiary/aromatic N) is 3. The molecule has 1 fully saturated rings. The summed E-state index contributed by atoms with van der Waals surface area (Å²) in [4.78, 5) is 16.8. The van der Waals surface area contributed by atoms with E-state index in [0.29, 0.717) is 16.9 Å². The number of benzene rings is 1. The largest absolute Gasteiger partial charge is 0.481 e. The average molecular weight is 472 g/mol.